The first-order valence-electron chi connectivity index (χ1n) is 17.7. The van der Waals surface area contributed by atoms with Crippen molar-refractivity contribution < 1.29 is 37.5 Å². The number of alkyl halides is 2. The van der Waals surface area contributed by atoms with Gasteiger partial charge in [0.05, 0.1) is 12.2 Å². The second-order valence-electron chi connectivity index (χ2n) is 15.0. The van der Waals surface area contributed by atoms with Gasteiger partial charge in [0.25, 0.3) is 11.8 Å². The van der Waals surface area contributed by atoms with Gasteiger partial charge in [-0.15, -0.1) is 0 Å². The van der Waals surface area contributed by atoms with E-state index in [4.69, 9.17) is 0 Å². The fourth-order valence-electron chi connectivity index (χ4n) is 7.00. The lowest BCUT2D eigenvalue weighted by atomic mass is 9.85. The summed E-state index contributed by atoms with van der Waals surface area (Å²) in [5.41, 5.74) is -0.170. The number of Topliss-reactive ketones (excluding diaryl/α,β-unsaturated/α-hetero) is 1. The standard InChI is InChI=1S/C37H49F2N7O6/c1-20(2)28(44-32(48)26-18-40-15-16-41-26)33(49)45-31(37(4,5)6)36(52)46-19-23-13-10-14-24(23)29(46)34(50)43-25(17-27(38)39)30(47)35(51)42-21(3)22-11-8-7-9-12-22/h7-9,11-12,15-16,18,20-21,23-25,27-29,31H,10,13-14,17,19H2,1-6H3,(H,42,51)(H,43,50)(H,44,48)(H,45,49)/t21-,23-,24-,25?,28-,29-,31+/m0/s1. The number of ketones is 1. The number of fused-ring (bicyclic) bond motifs is 1. The molecule has 4 rings (SSSR count). The first-order valence-corrected chi connectivity index (χ1v) is 17.7. The Hall–Kier alpha value is -4.82. The summed E-state index contributed by atoms with van der Waals surface area (Å²) in [6.45, 7) is 10.5. The molecule has 15 heteroatoms. The van der Waals surface area contributed by atoms with E-state index in [-0.39, 0.29) is 24.1 Å². The molecule has 1 aliphatic carbocycles. The number of nitrogens with zero attached hydrogens (tertiary/aromatic N) is 3. The molecule has 0 spiro atoms. The molecule has 5 amide bonds. The van der Waals surface area contributed by atoms with Gasteiger partial charge in [-0.3, -0.25) is 33.8 Å². The second kappa shape index (κ2) is 17.1. The van der Waals surface area contributed by atoms with E-state index in [9.17, 15) is 37.5 Å². The zero-order chi connectivity index (χ0) is 38.3. The number of hydrogen-bond acceptors (Lipinski definition) is 8. The van der Waals surface area contributed by atoms with Crippen molar-refractivity contribution in [1.29, 1.82) is 0 Å². The molecule has 2 fully saturated rings. The number of halogens is 2. The van der Waals surface area contributed by atoms with Crippen molar-refractivity contribution in [2.45, 2.75) is 104 Å². The lowest BCUT2D eigenvalue weighted by Gasteiger charge is -2.37. The van der Waals surface area contributed by atoms with Crippen molar-refractivity contribution in [2.75, 3.05) is 6.54 Å². The zero-order valence-corrected chi connectivity index (χ0v) is 30.4. The van der Waals surface area contributed by atoms with Gasteiger partial charge < -0.3 is 26.2 Å². The SMILES string of the molecule is CC(C)[C@H](NC(=O)c1cnccn1)C(=O)N[C@H](C(=O)N1C[C@@H]2CCC[C@@H]2[C@H]1C(=O)NC(CC(F)F)C(=O)C(=O)N[C@@H](C)c1ccccc1)C(C)(C)C. The summed E-state index contributed by atoms with van der Waals surface area (Å²) in [5, 5.41) is 10.4. The number of amides is 5. The van der Waals surface area contributed by atoms with Crippen LogP contribution in [0.15, 0.2) is 48.9 Å². The van der Waals surface area contributed by atoms with E-state index in [0.29, 0.717) is 12.0 Å². The quantitative estimate of drug-likeness (QED) is 0.215. The summed E-state index contributed by atoms with van der Waals surface area (Å²) in [6.07, 6.45) is 2.02. The number of benzene rings is 1. The molecule has 2 aromatic rings. The molecule has 52 heavy (non-hydrogen) atoms. The van der Waals surface area contributed by atoms with Crippen LogP contribution in [0.2, 0.25) is 0 Å². The Balaban J connectivity index is 1.54. The van der Waals surface area contributed by atoms with E-state index in [1.165, 1.54) is 23.5 Å². The Labute approximate surface area is 302 Å². The molecular formula is C37H49F2N7O6. The lowest BCUT2D eigenvalue weighted by Crippen LogP contribution is -2.62. The zero-order valence-electron chi connectivity index (χ0n) is 30.4. The monoisotopic (exact) mass is 725 g/mol. The molecule has 1 aromatic heterocycles. The molecule has 0 radical (unpaired) electrons. The van der Waals surface area contributed by atoms with Gasteiger partial charge in [0.1, 0.15) is 29.9 Å². The van der Waals surface area contributed by atoms with Crippen molar-refractivity contribution in [3.8, 4) is 0 Å². The van der Waals surface area contributed by atoms with Gasteiger partial charge in [-0.2, -0.15) is 0 Å². The van der Waals surface area contributed by atoms with Crippen LogP contribution < -0.4 is 21.3 Å². The number of aromatic nitrogens is 2. The van der Waals surface area contributed by atoms with Crippen LogP contribution in [-0.2, 0) is 24.0 Å². The minimum Gasteiger partial charge on any atom is -0.344 e. The van der Waals surface area contributed by atoms with Crippen LogP contribution in [0, 0.1) is 23.2 Å². The number of likely N-dealkylation sites (tertiary alicyclic amines) is 1. The fraction of sp³-hybridized carbons (Fsp3) is 0.568. The van der Waals surface area contributed by atoms with Crippen molar-refractivity contribution in [2.24, 2.45) is 23.2 Å². The summed E-state index contributed by atoms with van der Waals surface area (Å²) in [5.74, 6) is -5.75. The van der Waals surface area contributed by atoms with Gasteiger partial charge in [0.15, 0.2) is 0 Å². The van der Waals surface area contributed by atoms with E-state index in [2.05, 4.69) is 31.2 Å². The number of carbonyl (C=O) groups is 6. The van der Waals surface area contributed by atoms with Crippen molar-refractivity contribution >= 4 is 35.3 Å². The first kappa shape index (κ1) is 40.0. The van der Waals surface area contributed by atoms with Crippen LogP contribution in [0.4, 0.5) is 8.78 Å². The van der Waals surface area contributed by atoms with Gasteiger partial charge in [0.2, 0.25) is 29.9 Å². The minimum absolute atomic E-state index is 0.00803. The van der Waals surface area contributed by atoms with E-state index >= 15 is 0 Å². The van der Waals surface area contributed by atoms with Crippen LogP contribution in [0.5, 0.6) is 0 Å². The maximum atomic E-state index is 14.4. The number of hydrogen-bond donors (Lipinski definition) is 4. The van der Waals surface area contributed by atoms with E-state index in [1.54, 1.807) is 71.9 Å². The number of rotatable bonds is 14. The van der Waals surface area contributed by atoms with Crippen LogP contribution >= 0.6 is 0 Å². The summed E-state index contributed by atoms with van der Waals surface area (Å²) in [6, 6.07) is 2.98. The normalized spacial score (nSPS) is 20.7. The van der Waals surface area contributed by atoms with Gasteiger partial charge >= 0.3 is 0 Å². The van der Waals surface area contributed by atoms with Gasteiger partial charge in [-0.25, -0.2) is 13.8 Å². The highest BCUT2D eigenvalue weighted by Crippen LogP contribution is 2.43. The Morgan fingerprint density at radius 2 is 1.62 bits per heavy atom. The molecule has 1 unspecified atom stereocenters. The third kappa shape index (κ3) is 9.73. The van der Waals surface area contributed by atoms with Crippen LogP contribution in [0.3, 0.4) is 0 Å². The number of carbonyl (C=O) groups excluding carboxylic acids is 6. The predicted molar refractivity (Wildman–Crippen MR) is 186 cm³/mol. The molecule has 1 saturated carbocycles. The third-order valence-corrected chi connectivity index (χ3v) is 9.79. The first-order chi connectivity index (χ1) is 24.5. The summed E-state index contributed by atoms with van der Waals surface area (Å²) in [4.78, 5) is 90.5. The average Bonchev–Trinajstić information content (AvgIpc) is 3.70. The maximum Gasteiger partial charge on any atom is 0.290 e. The average molecular weight is 726 g/mol. The molecule has 1 aliphatic heterocycles. The van der Waals surface area contributed by atoms with Crippen LogP contribution in [0.1, 0.15) is 89.3 Å². The topological polar surface area (TPSA) is 180 Å². The lowest BCUT2D eigenvalue weighted by molar-refractivity contribution is -0.146. The fourth-order valence-corrected chi connectivity index (χ4v) is 7.00. The Morgan fingerprint density at radius 1 is 0.923 bits per heavy atom. The molecule has 1 aromatic carbocycles. The van der Waals surface area contributed by atoms with Gasteiger partial charge in [-0.1, -0.05) is 71.4 Å². The highest BCUT2D eigenvalue weighted by Gasteiger charge is 2.52. The van der Waals surface area contributed by atoms with Crippen molar-refractivity contribution in [1.82, 2.24) is 36.1 Å². The summed E-state index contributed by atoms with van der Waals surface area (Å²) < 4.78 is 27.5. The second-order valence-corrected chi connectivity index (χ2v) is 15.0. The summed E-state index contributed by atoms with van der Waals surface area (Å²) >= 11 is 0. The van der Waals surface area contributed by atoms with E-state index in [0.717, 1.165) is 12.8 Å². The van der Waals surface area contributed by atoms with Gasteiger partial charge in [0, 0.05) is 25.4 Å². The Bertz CT molecular complexity index is 1600. The van der Waals surface area contributed by atoms with Crippen molar-refractivity contribution in [3.63, 3.8) is 0 Å². The molecule has 2 heterocycles. The molecule has 7 atom stereocenters. The van der Waals surface area contributed by atoms with Gasteiger partial charge in [-0.05, 0) is 48.5 Å². The predicted octanol–water partition coefficient (Wildman–Crippen LogP) is 2.98. The molecule has 1 saturated heterocycles. The smallest absolute Gasteiger partial charge is 0.290 e. The minimum atomic E-state index is -3.02. The molecule has 2 aliphatic rings. The third-order valence-electron chi connectivity index (χ3n) is 9.79. The Morgan fingerprint density at radius 3 is 2.21 bits per heavy atom. The maximum absolute atomic E-state index is 14.4. The molecule has 0 bridgehead atoms. The van der Waals surface area contributed by atoms with Crippen LogP contribution in [0.25, 0.3) is 0 Å². The molecule has 13 nitrogen and oxygen atoms in total. The van der Waals surface area contributed by atoms with E-state index < -0.39 is 89.7 Å². The summed E-state index contributed by atoms with van der Waals surface area (Å²) in [7, 11) is 0. The molecule has 4 N–H and O–H groups in total. The van der Waals surface area contributed by atoms with Crippen molar-refractivity contribution in [3.05, 3.63) is 60.2 Å². The molecule has 282 valence electrons. The van der Waals surface area contributed by atoms with Crippen LogP contribution in [-0.4, -0.2) is 87.3 Å². The largest absolute Gasteiger partial charge is 0.344 e. The highest BCUT2D eigenvalue weighted by atomic mass is 19.3. The molecular weight excluding hydrogens is 676 g/mol. The highest BCUT2D eigenvalue weighted by molar-refractivity contribution is 6.38. The Kier molecular flexibility index (Phi) is 13.2. The number of nitrogens with one attached hydrogen (secondary N) is 4. The van der Waals surface area contributed by atoms with E-state index in [1.807, 2.05) is 0 Å².